The number of nitrogens with zero attached hydrogens (tertiary/aromatic N) is 3. The highest BCUT2D eigenvalue weighted by Gasteiger charge is 2.07. The Kier molecular flexibility index (Phi) is 3.51. The summed E-state index contributed by atoms with van der Waals surface area (Å²) < 4.78 is 7.01. The molecule has 0 amide bonds. The topological polar surface area (TPSA) is 39.9 Å². The van der Waals surface area contributed by atoms with Gasteiger partial charge in [0.25, 0.3) is 0 Å². The molecular formula is C16H12ClN3O. The lowest BCUT2D eigenvalue weighted by Crippen LogP contribution is -1.93. The third kappa shape index (κ3) is 2.69. The van der Waals surface area contributed by atoms with Gasteiger partial charge in [-0.15, -0.1) is 0 Å². The zero-order valence-corrected chi connectivity index (χ0v) is 12.3. The maximum atomic E-state index is 5.95. The first-order valence-electron chi connectivity index (χ1n) is 6.32. The lowest BCUT2D eigenvalue weighted by atomic mass is 10.2. The number of hydrogen-bond acceptors (Lipinski definition) is 3. The van der Waals surface area contributed by atoms with E-state index in [0.29, 0.717) is 5.69 Å². The highest BCUT2D eigenvalue weighted by atomic mass is 35.5. The van der Waals surface area contributed by atoms with Crippen LogP contribution in [-0.4, -0.2) is 21.6 Å². The second-order valence-corrected chi connectivity index (χ2v) is 4.82. The maximum absolute atomic E-state index is 5.95. The number of aromatic nitrogens is 3. The van der Waals surface area contributed by atoms with Gasteiger partial charge in [0.1, 0.15) is 17.1 Å². The third-order valence-electron chi connectivity index (χ3n) is 3.11. The van der Waals surface area contributed by atoms with E-state index in [4.69, 9.17) is 16.3 Å². The standard InChI is InChI=1S/C16H12ClN3O/c1-20-10-9-13-14(18-16(17)19-15(13)20)8-5-11-3-6-12(21-2)7-4-11/h3-4,6-7,9-10H,1-2H3. The van der Waals surface area contributed by atoms with Crippen molar-refractivity contribution in [2.24, 2.45) is 7.05 Å². The Balaban J connectivity index is 2.03. The van der Waals surface area contributed by atoms with Crippen molar-refractivity contribution in [1.82, 2.24) is 14.5 Å². The van der Waals surface area contributed by atoms with Crippen molar-refractivity contribution in [2.45, 2.75) is 0 Å². The Bertz CT molecular complexity index is 857. The summed E-state index contributed by atoms with van der Waals surface area (Å²) in [7, 11) is 3.54. The molecule has 3 rings (SSSR count). The summed E-state index contributed by atoms with van der Waals surface area (Å²) in [6.45, 7) is 0. The second kappa shape index (κ2) is 5.47. The molecular weight excluding hydrogens is 286 g/mol. The average molecular weight is 298 g/mol. The van der Waals surface area contributed by atoms with Gasteiger partial charge >= 0.3 is 0 Å². The van der Waals surface area contributed by atoms with Crippen LogP contribution in [0.1, 0.15) is 11.3 Å². The van der Waals surface area contributed by atoms with E-state index in [9.17, 15) is 0 Å². The van der Waals surface area contributed by atoms with Crippen molar-refractivity contribution in [3.05, 3.63) is 53.1 Å². The predicted molar refractivity (Wildman–Crippen MR) is 82.5 cm³/mol. The van der Waals surface area contributed by atoms with Crippen LogP contribution in [0.5, 0.6) is 5.75 Å². The molecule has 0 aliphatic carbocycles. The summed E-state index contributed by atoms with van der Waals surface area (Å²) in [6, 6.07) is 9.47. The molecule has 1 aromatic carbocycles. The highest BCUT2D eigenvalue weighted by molar-refractivity contribution is 6.28. The number of hydrogen-bond donors (Lipinski definition) is 0. The van der Waals surface area contributed by atoms with Crippen molar-refractivity contribution in [1.29, 1.82) is 0 Å². The van der Waals surface area contributed by atoms with Crippen LogP contribution in [0.3, 0.4) is 0 Å². The lowest BCUT2D eigenvalue weighted by Gasteiger charge is -1.99. The molecule has 0 saturated heterocycles. The molecule has 2 heterocycles. The molecule has 0 spiro atoms. The van der Waals surface area contributed by atoms with E-state index in [0.717, 1.165) is 22.3 Å². The fraction of sp³-hybridized carbons (Fsp3) is 0.125. The van der Waals surface area contributed by atoms with E-state index in [1.165, 1.54) is 0 Å². The van der Waals surface area contributed by atoms with Crippen LogP contribution in [0.25, 0.3) is 11.0 Å². The number of fused-ring (bicyclic) bond motifs is 1. The van der Waals surface area contributed by atoms with Crippen molar-refractivity contribution >= 4 is 22.6 Å². The zero-order valence-electron chi connectivity index (χ0n) is 11.6. The molecule has 0 saturated carbocycles. The smallest absolute Gasteiger partial charge is 0.225 e. The monoisotopic (exact) mass is 297 g/mol. The van der Waals surface area contributed by atoms with E-state index in [2.05, 4.69) is 21.8 Å². The molecule has 0 fully saturated rings. The highest BCUT2D eigenvalue weighted by Crippen LogP contribution is 2.18. The lowest BCUT2D eigenvalue weighted by molar-refractivity contribution is 0.415. The van der Waals surface area contributed by atoms with Gasteiger partial charge in [-0.2, -0.15) is 4.98 Å². The molecule has 0 atom stereocenters. The first-order valence-corrected chi connectivity index (χ1v) is 6.70. The molecule has 21 heavy (non-hydrogen) atoms. The number of methoxy groups -OCH3 is 1. The molecule has 104 valence electrons. The molecule has 2 aromatic heterocycles. The summed E-state index contributed by atoms with van der Waals surface area (Å²) in [6.07, 6.45) is 1.91. The SMILES string of the molecule is COc1ccc(C#Cc2nc(Cl)nc3c2ccn3C)cc1. The minimum absolute atomic E-state index is 0.198. The van der Waals surface area contributed by atoms with E-state index < -0.39 is 0 Å². The molecule has 0 radical (unpaired) electrons. The second-order valence-electron chi connectivity index (χ2n) is 4.48. The largest absolute Gasteiger partial charge is 0.497 e. The van der Waals surface area contributed by atoms with Gasteiger partial charge in [-0.05, 0) is 47.9 Å². The predicted octanol–water partition coefficient (Wildman–Crippen LogP) is 3.03. The maximum Gasteiger partial charge on any atom is 0.225 e. The molecule has 3 aromatic rings. The van der Waals surface area contributed by atoms with E-state index >= 15 is 0 Å². The van der Waals surface area contributed by atoms with Crippen molar-refractivity contribution in [3.8, 4) is 17.6 Å². The van der Waals surface area contributed by atoms with Crippen LogP contribution in [0, 0.1) is 11.8 Å². The summed E-state index contributed by atoms with van der Waals surface area (Å²) in [5, 5.41) is 1.09. The summed E-state index contributed by atoms with van der Waals surface area (Å²) >= 11 is 5.95. The summed E-state index contributed by atoms with van der Waals surface area (Å²) in [5.41, 5.74) is 2.28. The summed E-state index contributed by atoms with van der Waals surface area (Å²) in [4.78, 5) is 8.41. The van der Waals surface area contributed by atoms with Crippen molar-refractivity contribution in [3.63, 3.8) is 0 Å². The van der Waals surface area contributed by atoms with Gasteiger partial charge in [0.15, 0.2) is 0 Å². The van der Waals surface area contributed by atoms with Crippen molar-refractivity contribution in [2.75, 3.05) is 7.11 Å². The fourth-order valence-electron chi connectivity index (χ4n) is 2.01. The Morgan fingerprint density at radius 2 is 1.86 bits per heavy atom. The van der Waals surface area contributed by atoms with Gasteiger partial charge < -0.3 is 9.30 Å². The van der Waals surface area contributed by atoms with Crippen LogP contribution in [0.2, 0.25) is 5.28 Å². The normalized spacial score (nSPS) is 10.2. The van der Waals surface area contributed by atoms with Gasteiger partial charge in [-0.1, -0.05) is 5.92 Å². The molecule has 0 N–H and O–H groups in total. The number of ether oxygens (including phenoxy) is 1. The van der Waals surface area contributed by atoms with Crippen LogP contribution in [-0.2, 0) is 7.05 Å². The van der Waals surface area contributed by atoms with Gasteiger partial charge in [0.05, 0.1) is 12.5 Å². The summed E-state index contributed by atoms with van der Waals surface area (Å²) in [5.74, 6) is 6.93. The Morgan fingerprint density at radius 3 is 2.57 bits per heavy atom. The Labute approximate surface area is 127 Å². The first-order chi connectivity index (χ1) is 10.2. The third-order valence-corrected chi connectivity index (χ3v) is 3.28. The van der Waals surface area contributed by atoms with E-state index in [1.807, 2.05) is 48.1 Å². The number of aryl methyl sites for hydroxylation is 1. The number of halogens is 1. The average Bonchev–Trinajstić information content (AvgIpc) is 2.87. The number of benzene rings is 1. The van der Waals surface area contributed by atoms with Gasteiger partial charge in [-0.25, -0.2) is 4.98 Å². The molecule has 4 nitrogen and oxygen atoms in total. The van der Waals surface area contributed by atoms with Crippen molar-refractivity contribution < 1.29 is 4.74 Å². The van der Waals surface area contributed by atoms with Crippen LogP contribution in [0.15, 0.2) is 36.5 Å². The van der Waals surface area contributed by atoms with Crippen LogP contribution >= 0.6 is 11.6 Å². The molecule has 0 bridgehead atoms. The van der Waals surface area contributed by atoms with Gasteiger partial charge in [-0.3, -0.25) is 0 Å². The quantitative estimate of drug-likeness (QED) is 0.512. The van der Waals surface area contributed by atoms with Gasteiger partial charge in [0.2, 0.25) is 5.28 Å². The zero-order chi connectivity index (χ0) is 14.8. The molecule has 5 heteroatoms. The van der Waals surface area contributed by atoms with Gasteiger partial charge in [0, 0.05) is 18.8 Å². The molecule has 0 aliphatic heterocycles. The van der Waals surface area contributed by atoms with Crippen LogP contribution < -0.4 is 4.74 Å². The van der Waals surface area contributed by atoms with E-state index in [1.54, 1.807) is 7.11 Å². The minimum atomic E-state index is 0.198. The Morgan fingerprint density at radius 1 is 1.10 bits per heavy atom. The Hall–Kier alpha value is -2.51. The van der Waals surface area contributed by atoms with E-state index in [-0.39, 0.29) is 5.28 Å². The number of rotatable bonds is 1. The molecule has 0 aliphatic rings. The molecule has 0 unspecified atom stereocenters. The van der Waals surface area contributed by atoms with Crippen LogP contribution in [0.4, 0.5) is 0 Å². The first kappa shape index (κ1) is 13.5. The minimum Gasteiger partial charge on any atom is -0.497 e. The fourth-order valence-corrected chi connectivity index (χ4v) is 2.18.